The molecule has 2 aromatic rings. The minimum atomic E-state index is -0.225. The van der Waals surface area contributed by atoms with Gasteiger partial charge in [0.25, 0.3) is 11.6 Å². The van der Waals surface area contributed by atoms with Crippen LogP contribution in [0.5, 0.6) is 0 Å². The second-order valence-electron chi connectivity index (χ2n) is 5.94. The number of carbonyl (C=O) groups excluding carboxylic acids is 1. The molecule has 1 heterocycles. The van der Waals surface area contributed by atoms with E-state index in [0.717, 1.165) is 18.8 Å². The molecule has 0 aliphatic carbocycles. The first-order valence-electron chi connectivity index (χ1n) is 9.03. The highest BCUT2D eigenvalue weighted by Gasteiger charge is 2.21. The monoisotopic (exact) mass is 390 g/mol. The Bertz CT molecular complexity index is 1020. The Balaban J connectivity index is 2.50. The van der Waals surface area contributed by atoms with Gasteiger partial charge in [-0.15, -0.1) is 5.11 Å². The molecule has 1 aromatic heterocycles. The zero-order chi connectivity index (χ0) is 21.4. The van der Waals surface area contributed by atoms with Crippen LogP contribution in [-0.4, -0.2) is 28.5 Å². The second-order valence-corrected chi connectivity index (χ2v) is 5.94. The topological polar surface area (TPSA) is 83.6 Å². The summed E-state index contributed by atoms with van der Waals surface area (Å²) in [5.41, 5.74) is 1.91. The van der Waals surface area contributed by atoms with Crippen molar-refractivity contribution in [2.24, 2.45) is 10.2 Å². The van der Waals surface area contributed by atoms with Gasteiger partial charge >= 0.3 is 5.95 Å². The smallest absolute Gasteiger partial charge is 0.373 e. The summed E-state index contributed by atoms with van der Waals surface area (Å²) < 4.78 is 1.47. The Morgan fingerprint density at radius 2 is 2.03 bits per heavy atom. The highest BCUT2D eigenvalue weighted by Crippen LogP contribution is 2.35. The second kappa shape index (κ2) is 9.81. The van der Waals surface area contributed by atoms with E-state index in [1.807, 2.05) is 12.1 Å². The summed E-state index contributed by atoms with van der Waals surface area (Å²) in [5.74, 6) is -0.0389. The summed E-state index contributed by atoms with van der Waals surface area (Å²) in [6.45, 7) is 25.6. The molecule has 148 valence electrons. The Kier molecular flexibility index (Phi) is 7.21. The Morgan fingerprint density at radius 1 is 1.31 bits per heavy atom. The number of nitrogens with zero attached hydrogens (tertiary/aromatic N) is 7. The molecule has 0 saturated heterocycles. The van der Waals surface area contributed by atoms with Gasteiger partial charge in [-0.05, 0) is 32.0 Å². The predicted octanol–water partition coefficient (Wildman–Crippen LogP) is 5.39. The fourth-order valence-corrected chi connectivity index (χ4v) is 2.76. The summed E-state index contributed by atoms with van der Waals surface area (Å²) in [5, 5.41) is 11.1. The number of allylic oxidation sites excluding steroid dienone is 1. The molecule has 9 nitrogen and oxygen atoms in total. The highest BCUT2D eigenvalue weighted by molar-refractivity contribution is 5.93. The molecular weight excluding hydrogens is 368 g/mol. The van der Waals surface area contributed by atoms with Crippen molar-refractivity contribution in [2.75, 3.05) is 23.3 Å². The van der Waals surface area contributed by atoms with Crippen LogP contribution in [-0.2, 0) is 11.3 Å². The first-order chi connectivity index (χ1) is 14.0. The van der Waals surface area contributed by atoms with E-state index in [1.54, 1.807) is 12.1 Å². The van der Waals surface area contributed by atoms with E-state index in [9.17, 15) is 4.79 Å². The third-order valence-corrected chi connectivity index (χ3v) is 4.09. The first-order valence-corrected chi connectivity index (χ1v) is 9.03. The number of nitrogens with one attached hydrogen (secondary N) is 1. The van der Waals surface area contributed by atoms with Gasteiger partial charge in [0.05, 0.1) is 12.2 Å². The summed E-state index contributed by atoms with van der Waals surface area (Å²) in [6.07, 6.45) is 1.59. The molecule has 0 aliphatic heterocycles. The molecule has 0 saturated carbocycles. The van der Waals surface area contributed by atoms with E-state index in [-0.39, 0.29) is 30.0 Å². The number of anilines is 2. The summed E-state index contributed by atoms with van der Waals surface area (Å²) >= 11 is 0. The highest BCUT2D eigenvalue weighted by atomic mass is 16.1. The molecule has 1 amide bonds. The van der Waals surface area contributed by atoms with Crippen molar-refractivity contribution in [1.29, 1.82) is 0 Å². The number of hydrogen-bond donors (Lipinski definition) is 1. The van der Waals surface area contributed by atoms with Gasteiger partial charge in [0.1, 0.15) is 5.69 Å². The van der Waals surface area contributed by atoms with Crippen LogP contribution in [0, 0.1) is 13.1 Å². The van der Waals surface area contributed by atoms with Crippen LogP contribution >= 0.6 is 0 Å². The Hall–Kier alpha value is -3.98. The third-order valence-electron chi connectivity index (χ3n) is 4.09. The van der Waals surface area contributed by atoms with Gasteiger partial charge in [0.2, 0.25) is 5.91 Å². The maximum Gasteiger partial charge on any atom is 0.417 e. The van der Waals surface area contributed by atoms with Crippen molar-refractivity contribution in [1.82, 2.24) is 9.55 Å². The molecule has 0 radical (unpaired) electrons. The maximum absolute atomic E-state index is 11.6. The average Bonchev–Trinajstić information content (AvgIpc) is 3.04. The molecular formula is C20H22N8O. The fourth-order valence-electron chi connectivity index (χ4n) is 2.76. The van der Waals surface area contributed by atoms with E-state index in [0.29, 0.717) is 11.4 Å². The zero-order valence-corrected chi connectivity index (χ0v) is 16.7. The lowest BCUT2D eigenvalue weighted by Gasteiger charge is -2.22. The van der Waals surface area contributed by atoms with Crippen LogP contribution in [0.1, 0.15) is 20.8 Å². The molecule has 0 unspecified atom stereocenters. The van der Waals surface area contributed by atoms with Crippen molar-refractivity contribution in [3.63, 3.8) is 0 Å². The van der Waals surface area contributed by atoms with Crippen molar-refractivity contribution >= 4 is 40.6 Å². The standard InChI is InChI=1S/C20H22N8O/c1-7-12-28-19(22-6)18(21-5)24-20(28)26-25-16-11-10-15(27(8-2)9-3)13-17(16)23-14(4)29/h7,10-11,13H,1,8-9,12H2,2-4H3,(H,23,29). The zero-order valence-electron chi connectivity index (χ0n) is 16.7. The maximum atomic E-state index is 11.6. The van der Waals surface area contributed by atoms with Gasteiger partial charge in [-0.25, -0.2) is 4.57 Å². The van der Waals surface area contributed by atoms with E-state index >= 15 is 0 Å². The van der Waals surface area contributed by atoms with Gasteiger partial charge in [-0.2, -0.15) is 0 Å². The van der Waals surface area contributed by atoms with Crippen molar-refractivity contribution in [2.45, 2.75) is 27.3 Å². The Labute approximate surface area is 170 Å². The normalized spacial score (nSPS) is 10.4. The molecule has 0 aliphatic rings. The van der Waals surface area contributed by atoms with Crippen LogP contribution < -0.4 is 10.2 Å². The predicted molar refractivity (Wildman–Crippen MR) is 113 cm³/mol. The number of imidazole rings is 1. The fraction of sp³-hybridized carbons (Fsp3) is 0.300. The summed E-state index contributed by atoms with van der Waals surface area (Å²) in [6, 6.07) is 5.50. The number of benzene rings is 1. The quantitative estimate of drug-likeness (QED) is 0.372. The van der Waals surface area contributed by atoms with Gasteiger partial charge in [-0.1, -0.05) is 35.9 Å². The van der Waals surface area contributed by atoms with E-state index in [4.69, 9.17) is 13.1 Å². The van der Waals surface area contributed by atoms with Crippen LogP contribution in [0.4, 0.5) is 34.6 Å². The SMILES string of the molecule is [C-]#[N+]c1nc(N=Nc2ccc(N(CC)CC)cc2NC(C)=O)n(CC=C)c1[N+]#[C-]. The van der Waals surface area contributed by atoms with Gasteiger partial charge in [-0.3, -0.25) is 4.79 Å². The third kappa shape index (κ3) is 4.85. The molecule has 0 spiro atoms. The first kappa shape index (κ1) is 21.3. The number of amides is 1. The van der Waals surface area contributed by atoms with Crippen LogP contribution in [0.15, 0.2) is 41.1 Å². The Morgan fingerprint density at radius 3 is 2.59 bits per heavy atom. The average molecular weight is 390 g/mol. The van der Waals surface area contributed by atoms with Crippen molar-refractivity contribution in [3.8, 4) is 0 Å². The molecule has 0 fully saturated rings. The molecule has 0 bridgehead atoms. The lowest BCUT2D eigenvalue weighted by Crippen LogP contribution is -2.21. The molecule has 1 aromatic carbocycles. The van der Waals surface area contributed by atoms with E-state index < -0.39 is 0 Å². The summed E-state index contributed by atoms with van der Waals surface area (Å²) in [7, 11) is 0. The number of azo groups is 1. The molecule has 29 heavy (non-hydrogen) atoms. The van der Waals surface area contributed by atoms with Crippen LogP contribution in [0.25, 0.3) is 9.69 Å². The largest absolute Gasteiger partial charge is 0.417 e. The number of carbonyl (C=O) groups is 1. The van der Waals surface area contributed by atoms with Gasteiger partial charge < -0.3 is 19.9 Å². The molecule has 9 heteroatoms. The number of aromatic nitrogens is 2. The van der Waals surface area contributed by atoms with Crippen LogP contribution in [0.3, 0.4) is 0 Å². The van der Waals surface area contributed by atoms with Gasteiger partial charge in [0.15, 0.2) is 0 Å². The lowest BCUT2D eigenvalue weighted by molar-refractivity contribution is -0.114. The van der Waals surface area contributed by atoms with Crippen molar-refractivity contribution < 1.29 is 4.79 Å². The number of hydrogen-bond acceptors (Lipinski definition) is 5. The van der Waals surface area contributed by atoms with E-state index in [2.05, 4.69) is 55.5 Å². The van der Waals surface area contributed by atoms with E-state index in [1.165, 1.54) is 11.5 Å². The lowest BCUT2D eigenvalue weighted by atomic mass is 10.2. The van der Waals surface area contributed by atoms with Gasteiger partial charge in [0, 0.05) is 25.7 Å². The van der Waals surface area contributed by atoms with Crippen LogP contribution in [0.2, 0.25) is 0 Å². The summed E-state index contributed by atoms with van der Waals surface area (Å²) in [4.78, 5) is 24.5. The minimum Gasteiger partial charge on any atom is -0.373 e. The molecule has 0 atom stereocenters. The minimum absolute atomic E-state index is 0.0326. The van der Waals surface area contributed by atoms with Crippen molar-refractivity contribution in [3.05, 3.63) is 53.7 Å². The molecule has 2 rings (SSSR count). The molecule has 1 N–H and O–H groups in total. The number of rotatable bonds is 8.